The Kier molecular flexibility index (Phi) is 25.6. The van der Waals surface area contributed by atoms with E-state index in [4.69, 9.17) is 34.4 Å². The predicted molar refractivity (Wildman–Crippen MR) is 296 cm³/mol. The Labute approximate surface area is 469 Å². The fraction of sp³-hybridized carbons (Fsp3) is 0.520. The van der Waals surface area contributed by atoms with Crippen LogP contribution < -0.4 is 71.6 Å². The Morgan fingerprint density at radius 1 is 0.725 bits per heavy atom. The number of nitrogens with zero attached hydrogens (tertiary/aromatic N) is 2. The maximum atomic E-state index is 14.8. The van der Waals surface area contributed by atoms with Gasteiger partial charge in [0.15, 0.2) is 5.96 Å². The lowest BCUT2D eigenvalue weighted by Gasteiger charge is -2.31. The van der Waals surface area contributed by atoms with Gasteiger partial charge in [0, 0.05) is 43.9 Å². The Bertz CT molecular complexity index is 2580. The lowest BCUT2D eigenvalue weighted by Crippen LogP contribution is -2.61. The standard InChI is InChI=1S/C50H73N15O13S2/c1-3-25(2)40-48(77)59-32(16-17-38(52)68)44(73)62-35(22-39(53)69)45(74)63-36(24-80-79-23-30(51)42(71)61-34(46(75)64-40)21-27-10-14-29(67)15-11-27)49(78)65-19-5-7-37(65)47(76)58-31(6-4-18-57-50(55)56)43(72)60-33(41(54)70)20-26-8-12-28(66)13-9-26/h8-15,25,30-37,40,66-67H,3-7,16-24,51H2,1-2H3,(H2,52,68)(H2,53,69)(H2,54,70)(H,58,76)(H,59,77)(H,60,72)(H,61,71)(H,62,73)(H,63,74)(H,64,75)(H4,55,56,57)/t25-,30-,31-,32?,33-,34-,35-,36-,37-,40-/m0/s1. The summed E-state index contributed by atoms with van der Waals surface area (Å²) in [6.07, 6.45) is -1.14. The molecule has 0 aromatic heterocycles. The molecule has 0 saturated carbocycles. The van der Waals surface area contributed by atoms with Crippen LogP contribution in [0.5, 0.6) is 11.5 Å². The number of benzene rings is 2. The third-order valence-electron chi connectivity index (χ3n) is 13.1. The van der Waals surface area contributed by atoms with Gasteiger partial charge in [0.05, 0.1) is 12.5 Å². The van der Waals surface area contributed by atoms with Crippen molar-refractivity contribution in [3.8, 4) is 11.5 Å². The molecule has 2 fully saturated rings. The van der Waals surface area contributed by atoms with E-state index in [0.717, 1.165) is 21.6 Å². The number of hydrogen-bond acceptors (Lipinski definition) is 17. The normalized spacial score (nSPS) is 22.8. The van der Waals surface area contributed by atoms with Crippen molar-refractivity contribution in [1.29, 1.82) is 0 Å². The molecule has 11 amide bonds. The zero-order chi connectivity index (χ0) is 59.2. The summed E-state index contributed by atoms with van der Waals surface area (Å²) in [7, 11) is 1.98. The molecule has 1 unspecified atom stereocenters. The van der Waals surface area contributed by atoms with Gasteiger partial charge in [0.2, 0.25) is 65.0 Å². The average molecular weight is 1160 g/mol. The summed E-state index contributed by atoms with van der Waals surface area (Å²) in [4.78, 5) is 156. The van der Waals surface area contributed by atoms with Gasteiger partial charge < -0.3 is 86.7 Å². The number of guanidine groups is 1. The molecule has 21 N–H and O–H groups in total. The van der Waals surface area contributed by atoms with E-state index >= 15 is 0 Å². The molecule has 0 aliphatic carbocycles. The molecule has 0 spiro atoms. The van der Waals surface area contributed by atoms with Crippen LogP contribution in [0.2, 0.25) is 0 Å². The molecule has 4 rings (SSSR count). The van der Waals surface area contributed by atoms with Gasteiger partial charge >= 0.3 is 0 Å². The second-order valence-corrected chi connectivity index (χ2v) is 21.9. The zero-order valence-electron chi connectivity index (χ0n) is 44.4. The fourth-order valence-electron chi connectivity index (χ4n) is 8.48. The van der Waals surface area contributed by atoms with Gasteiger partial charge in [-0.25, -0.2) is 0 Å². The first-order chi connectivity index (χ1) is 37.9. The number of carbonyl (C=O) groups excluding carboxylic acids is 11. The minimum absolute atomic E-state index is 0.0247. The van der Waals surface area contributed by atoms with E-state index in [1.165, 1.54) is 53.4 Å². The molecule has 30 heteroatoms. The minimum atomic E-state index is -1.80. The first-order valence-corrected chi connectivity index (χ1v) is 28.3. The molecule has 2 aromatic rings. The molecule has 2 aliphatic heterocycles. The Balaban J connectivity index is 1.69. The van der Waals surface area contributed by atoms with Gasteiger partial charge in [0.1, 0.15) is 59.8 Å². The lowest BCUT2D eigenvalue weighted by molar-refractivity contribution is -0.142. The van der Waals surface area contributed by atoms with Gasteiger partial charge in [-0.1, -0.05) is 66.1 Å². The highest BCUT2D eigenvalue weighted by Gasteiger charge is 2.41. The molecule has 28 nitrogen and oxygen atoms in total. The molecule has 2 aromatic carbocycles. The number of primary amides is 3. The number of carbonyl (C=O) groups is 11. The second kappa shape index (κ2) is 31.7. The molecular formula is C50H73N15O13S2. The molecule has 80 heavy (non-hydrogen) atoms. The van der Waals surface area contributed by atoms with E-state index in [2.05, 4.69) is 42.2 Å². The van der Waals surface area contributed by atoms with Gasteiger partial charge in [-0.15, -0.1) is 0 Å². The van der Waals surface area contributed by atoms with Crippen LogP contribution in [-0.2, 0) is 65.6 Å². The monoisotopic (exact) mass is 1160 g/mol. The zero-order valence-corrected chi connectivity index (χ0v) is 46.0. The molecule has 0 bridgehead atoms. The highest BCUT2D eigenvalue weighted by Crippen LogP contribution is 2.26. The van der Waals surface area contributed by atoms with Crippen LogP contribution in [0.1, 0.15) is 76.3 Å². The summed E-state index contributed by atoms with van der Waals surface area (Å²) in [5.74, 6) is -11.3. The maximum absolute atomic E-state index is 14.8. The van der Waals surface area contributed by atoms with Crippen molar-refractivity contribution in [3.63, 3.8) is 0 Å². The highest BCUT2D eigenvalue weighted by atomic mass is 33.1. The number of nitrogens with two attached hydrogens (primary N) is 6. The van der Waals surface area contributed by atoms with Gasteiger partial charge in [-0.2, -0.15) is 0 Å². The van der Waals surface area contributed by atoms with E-state index in [-0.39, 0.29) is 80.6 Å². The van der Waals surface area contributed by atoms with Crippen molar-refractivity contribution in [2.24, 2.45) is 45.3 Å². The smallest absolute Gasteiger partial charge is 0.246 e. The molecular weight excluding hydrogens is 1080 g/mol. The number of amides is 11. The Hall–Kier alpha value is -7.86. The van der Waals surface area contributed by atoms with E-state index in [1.54, 1.807) is 13.8 Å². The number of nitrogens with one attached hydrogen (secondary N) is 7. The number of hydrogen-bond donors (Lipinski definition) is 15. The van der Waals surface area contributed by atoms with Crippen molar-refractivity contribution in [1.82, 2.24) is 42.1 Å². The maximum Gasteiger partial charge on any atom is 0.246 e. The van der Waals surface area contributed by atoms with Gasteiger partial charge in [-0.05, 0) is 73.4 Å². The summed E-state index contributed by atoms with van der Waals surface area (Å²) < 4.78 is 0. The fourth-order valence-corrected chi connectivity index (χ4v) is 10.8. The number of aliphatic imine (C=N–C) groups is 1. The molecule has 438 valence electrons. The average Bonchev–Trinajstić information content (AvgIpc) is 3.91. The Morgan fingerprint density at radius 3 is 1.91 bits per heavy atom. The van der Waals surface area contributed by atoms with Crippen LogP contribution >= 0.6 is 21.6 Å². The highest BCUT2D eigenvalue weighted by molar-refractivity contribution is 8.76. The molecule has 2 aliphatic rings. The SMILES string of the molecule is CC[C@H](C)[C@@H]1NC(=O)[C@H](Cc2ccc(O)cc2)NC(=O)[C@@H](N)CSSC[C@@H](C(=O)N2CCC[C@H]2C(=O)N[C@@H](CCCN=C(N)N)C(=O)N[C@@H](Cc2ccc(O)cc2)C(N)=O)NC(=O)[C@H](CC(N)=O)NC(=O)C(CCC(N)=O)NC1=O. The molecule has 2 saturated heterocycles. The van der Waals surface area contributed by atoms with Crippen molar-refractivity contribution >= 4 is 92.5 Å². The third kappa shape index (κ3) is 20.7. The number of phenols is 2. The van der Waals surface area contributed by atoms with E-state index in [9.17, 15) is 63.0 Å². The number of likely N-dealkylation sites (tertiary alicyclic amines) is 1. The lowest BCUT2D eigenvalue weighted by atomic mass is 9.96. The summed E-state index contributed by atoms with van der Waals surface area (Å²) in [6, 6.07) is -1.13. The first-order valence-electron chi connectivity index (χ1n) is 25.8. The van der Waals surface area contributed by atoms with Crippen LogP contribution in [0.3, 0.4) is 0 Å². The summed E-state index contributed by atoms with van der Waals surface area (Å²) in [6.45, 7) is 3.40. The van der Waals surface area contributed by atoms with Crippen molar-refractivity contribution in [3.05, 3.63) is 59.7 Å². The Morgan fingerprint density at radius 2 is 1.31 bits per heavy atom. The van der Waals surface area contributed by atoms with Crippen LogP contribution in [0, 0.1) is 5.92 Å². The van der Waals surface area contributed by atoms with Crippen LogP contribution in [0.25, 0.3) is 0 Å². The predicted octanol–water partition coefficient (Wildman–Crippen LogP) is -4.28. The first kappa shape index (κ1) is 64.7. The summed E-state index contributed by atoms with van der Waals surface area (Å²) in [5.41, 5.74) is 35.0. The van der Waals surface area contributed by atoms with Crippen molar-refractivity contribution < 1.29 is 63.0 Å². The van der Waals surface area contributed by atoms with Crippen LogP contribution in [-0.4, -0.2) is 165 Å². The number of aromatic hydroxyl groups is 2. The van der Waals surface area contributed by atoms with Gasteiger partial charge in [0.25, 0.3) is 0 Å². The van der Waals surface area contributed by atoms with E-state index < -0.39 is 145 Å². The largest absolute Gasteiger partial charge is 0.508 e. The van der Waals surface area contributed by atoms with Crippen molar-refractivity contribution in [2.45, 2.75) is 132 Å². The van der Waals surface area contributed by atoms with E-state index in [0.29, 0.717) is 17.5 Å². The second-order valence-electron chi connectivity index (χ2n) is 19.4. The molecule has 2 heterocycles. The van der Waals surface area contributed by atoms with Crippen LogP contribution in [0.15, 0.2) is 53.5 Å². The van der Waals surface area contributed by atoms with Crippen LogP contribution in [0.4, 0.5) is 0 Å². The minimum Gasteiger partial charge on any atom is -0.508 e. The molecule has 0 radical (unpaired) electrons. The summed E-state index contributed by atoms with van der Waals surface area (Å²) >= 11 is 0. The molecule has 10 atom stereocenters. The quantitative estimate of drug-likeness (QED) is 0.0243. The topological polar surface area (TPSA) is 484 Å². The van der Waals surface area contributed by atoms with E-state index in [1.807, 2.05) is 0 Å². The van der Waals surface area contributed by atoms with Crippen molar-refractivity contribution in [2.75, 3.05) is 24.6 Å². The van der Waals surface area contributed by atoms with Gasteiger partial charge in [-0.3, -0.25) is 57.7 Å². The summed E-state index contributed by atoms with van der Waals surface area (Å²) in [5, 5.41) is 37.7. The number of rotatable bonds is 21. The number of phenolic OH excluding ortho intramolecular Hbond substituents is 2. The third-order valence-corrected chi connectivity index (χ3v) is 15.6.